The number of nitrogens with one attached hydrogen (secondary N) is 1. The second-order valence-electron chi connectivity index (χ2n) is 5.81. The number of amides is 2. The zero-order valence-corrected chi connectivity index (χ0v) is 11.9. The standard InChI is InChI=1S/C15H20N2O3/c1-9-7-13(20-10(9)2)15(19)17-8-14(18)16-11-5-3-4-6-12(11)17/h7,11-12H,3-6,8H2,1-2H3,(H,16,18)/t11-,12+/m1/s1. The minimum Gasteiger partial charge on any atom is -0.456 e. The van der Waals surface area contributed by atoms with E-state index in [0.29, 0.717) is 5.76 Å². The van der Waals surface area contributed by atoms with Crippen LogP contribution >= 0.6 is 0 Å². The van der Waals surface area contributed by atoms with Crippen molar-refractivity contribution in [3.8, 4) is 0 Å². The molecule has 20 heavy (non-hydrogen) atoms. The number of fused-ring (bicyclic) bond motifs is 1. The normalized spacial score (nSPS) is 26.1. The smallest absolute Gasteiger partial charge is 0.290 e. The molecule has 5 heteroatoms. The Hall–Kier alpha value is -1.78. The fourth-order valence-electron chi connectivity index (χ4n) is 3.22. The van der Waals surface area contributed by atoms with Gasteiger partial charge in [0, 0.05) is 6.04 Å². The summed E-state index contributed by atoms with van der Waals surface area (Å²) >= 11 is 0. The van der Waals surface area contributed by atoms with Gasteiger partial charge in [-0.05, 0) is 38.3 Å². The average molecular weight is 276 g/mol. The molecule has 0 spiro atoms. The summed E-state index contributed by atoms with van der Waals surface area (Å²) < 4.78 is 5.52. The predicted molar refractivity (Wildman–Crippen MR) is 73.4 cm³/mol. The minimum atomic E-state index is -0.159. The van der Waals surface area contributed by atoms with Crippen LogP contribution in [-0.4, -0.2) is 35.3 Å². The molecular formula is C15H20N2O3. The maximum absolute atomic E-state index is 12.6. The van der Waals surface area contributed by atoms with Crippen LogP contribution in [0, 0.1) is 13.8 Å². The third-order valence-electron chi connectivity index (χ3n) is 4.43. The lowest BCUT2D eigenvalue weighted by molar-refractivity contribution is -0.127. The first-order valence-electron chi connectivity index (χ1n) is 7.23. The van der Waals surface area contributed by atoms with E-state index in [9.17, 15) is 9.59 Å². The van der Waals surface area contributed by atoms with Gasteiger partial charge in [0.1, 0.15) is 12.3 Å². The Morgan fingerprint density at radius 3 is 2.80 bits per heavy atom. The Morgan fingerprint density at radius 1 is 1.35 bits per heavy atom. The van der Waals surface area contributed by atoms with Crippen LogP contribution in [0.3, 0.4) is 0 Å². The second kappa shape index (κ2) is 4.96. The van der Waals surface area contributed by atoms with Crippen molar-refractivity contribution in [2.24, 2.45) is 0 Å². The van der Waals surface area contributed by atoms with E-state index in [4.69, 9.17) is 4.42 Å². The number of aryl methyl sites for hydroxylation is 2. The van der Waals surface area contributed by atoms with E-state index in [0.717, 1.165) is 37.0 Å². The van der Waals surface area contributed by atoms with Crippen molar-refractivity contribution in [3.63, 3.8) is 0 Å². The molecule has 2 heterocycles. The summed E-state index contributed by atoms with van der Waals surface area (Å²) in [7, 11) is 0. The first-order valence-corrected chi connectivity index (χ1v) is 7.23. The van der Waals surface area contributed by atoms with Crippen LogP contribution in [0.15, 0.2) is 10.5 Å². The maximum Gasteiger partial charge on any atom is 0.290 e. The lowest BCUT2D eigenvalue weighted by Gasteiger charge is -2.43. The van der Waals surface area contributed by atoms with Gasteiger partial charge in [-0.1, -0.05) is 12.8 Å². The summed E-state index contributed by atoms with van der Waals surface area (Å²) in [6, 6.07) is 1.98. The van der Waals surface area contributed by atoms with Crippen molar-refractivity contribution >= 4 is 11.8 Å². The van der Waals surface area contributed by atoms with Gasteiger partial charge in [-0.25, -0.2) is 0 Å². The fourth-order valence-corrected chi connectivity index (χ4v) is 3.22. The number of carbonyl (C=O) groups excluding carboxylic acids is 2. The maximum atomic E-state index is 12.6. The Kier molecular flexibility index (Phi) is 3.28. The zero-order valence-electron chi connectivity index (χ0n) is 11.9. The highest BCUT2D eigenvalue weighted by molar-refractivity contribution is 5.95. The molecule has 0 bridgehead atoms. The molecular weight excluding hydrogens is 256 g/mol. The molecule has 3 rings (SSSR count). The molecule has 2 amide bonds. The van der Waals surface area contributed by atoms with E-state index >= 15 is 0 Å². The summed E-state index contributed by atoms with van der Waals surface area (Å²) in [5.74, 6) is 0.878. The van der Waals surface area contributed by atoms with Crippen LogP contribution in [0.4, 0.5) is 0 Å². The third-order valence-corrected chi connectivity index (χ3v) is 4.43. The zero-order chi connectivity index (χ0) is 14.3. The van der Waals surface area contributed by atoms with E-state index < -0.39 is 0 Å². The van der Waals surface area contributed by atoms with Crippen LogP contribution in [0.2, 0.25) is 0 Å². The SMILES string of the molecule is Cc1cc(C(=O)N2CC(=O)N[C@@H]3CCCC[C@@H]32)oc1C. The number of piperazine rings is 1. The van der Waals surface area contributed by atoms with Crippen molar-refractivity contribution in [2.45, 2.75) is 51.6 Å². The van der Waals surface area contributed by atoms with E-state index in [1.807, 2.05) is 13.8 Å². The lowest BCUT2D eigenvalue weighted by Crippen LogP contribution is -2.62. The number of carbonyl (C=O) groups is 2. The Morgan fingerprint density at radius 2 is 2.10 bits per heavy atom. The molecule has 1 aliphatic carbocycles. The van der Waals surface area contributed by atoms with Gasteiger partial charge in [0.05, 0.1) is 6.04 Å². The highest BCUT2D eigenvalue weighted by atomic mass is 16.4. The van der Waals surface area contributed by atoms with Crippen LogP contribution in [0.5, 0.6) is 0 Å². The molecule has 0 unspecified atom stereocenters. The summed E-state index contributed by atoms with van der Waals surface area (Å²) in [5, 5.41) is 3.01. The molecule has 1 aromatic heterocycles. The van der Waals surface area contributed by atoms with Crippen LogP contribution < -0.4 is 5.32 Å². The predicted octanol–water partition coefficient (Wildman–Crippen LogP) is 1.78. The van der Waals surface area contributed by atoms with Crippen molar-refractivity contribution in [2.75, 3.05) is 6.54 Å². The van der Waals surface area contributed by atoms with Gasteiger partial charge in [-0.3, -0.25) is 9.59 Å². The molecule has 2 aliphatic rings. The topological polar surface area (TPSA) is 62.6 Å². The first kappa shape index (κ1) is 13.2. The van der Waals surface area contributed by atoms with Gasteiger partial charge in [-0.2, -0.15) is 0 Å². The molecule has 1 saturated carbocycles. The van der Waals surface area contributed by atoms with Crippen molar-refractivity contribution in [3.05, 3.63) is 23.2 Å². The van der Waals surface area contributed by atoms with Crippen molar-refractivity contribution < 1.29 is 14.0 Å². The van der Waals surface area contributed by atoms with Crippen LogP contribution in [0.1, 0.15) is 47.6 Å². The van der Waals surface area contributed by atoms with Crippen molar-refractivity contribution in [1.29, 1.82) is 0 Å². The number of rotatable bonds is 1. The number of hydrogen-bond donors (Lipinski definition) is 1. The van der Waals surface area contributed by atoms with E-state index in [1.165, 1.54) is 0 Å². The second-order valence-corrected chi connectivity index (χ2v) is 5.81. The quantitative estimate of drug-likeness (QED) is 0.850. The van der Waals surface area contributed by atoms with Gasteiger partial charge >= 0.3 is 0 Å². The number of nitrogens with zero attached hydrogens (tertiary/aromatic N) is 1. The highest BCUT2D eigenvalue weighted by Gasteiger charge is 2.39. The van der Waals surface area contributed by atoms with E-state index in [-0.39, 0.29) is 30.4 Å². The fraction of sp³-hybridized carbons (Fsp3) is 0.600. The molecule has 1 aromatic rings. The van der Waals surface area contributed by atoms with Crippen molar-refractivity contribution in [1.82, 2.24) is 10.2 Å². The van der Waals surface area contributed by atoms with Gasteiger partial charge in [0.2, 0.25) is 5.91 Å². The molecule has 0 radical (unpaired) electrons. The summed E-state index contributed by atoms with van der Waals surface area (Å²) in [5.41, 5.74) is 0.968. The summed E-state index contributed by atoms with van der Waals surface area (Å²) in [6.07, 6.45) is 4.13. The lowest BCUT2D eigenvalue weighted by atomic mass is 9.87. The highest BCUT2D eigenvalue weighted by Crippen LogP contribution is 2.27. The van der Waals surface area contributed by atoms with E-state index in [1.54, 1.807) is 11.0 Å². The summed E-state index contributed by atoms with van der Waals surface area (Å²) in [6.45, 7) is 3.90. The van der Waals surface area contributed by atoms with Gasteiger partial charge in [-0.15, -0.1) is 0 Å². The Bertz CT molecular complexity index is 530. The van der Waals surface area contributed by atoms with Crippen LogP contribution in [-0.2, 0) is 4.79 Å². The molecule has 1 aliphatic heterocycles. The molecule has 2 fully saturated rings. The van der Waals surface area contributed by atoms with Crippen LogP contribution in [0.25, 0.3) is 0 Å². The molecule has 5 nitrogen and oxygen atoms in total. The third kappa shape index (κ3) is 2.21. The Labute approximate surface area is 118 Å². The van der Waals surface area contributed by atoms with Gasteiger partial charge < -0.3 is 14.6 Å². The Balaban J connectivity index is 1.86. The van der Waals surface area contributed by atoms with E-state index in [2.05, 4.69) is 5.32 Å². The number of hydrogen-bond acceptors (Lipinski definition) is 3. The largest absolute Gasteiger partial charge is 0.456 e. The summed E-state index contributed by atoms with van der Waals surface area (Å²) in [4.78, 5) is 26.1. The number of furan rings is 1. The average Bonchev–Trinajstić information content (AvgIpc) is 2.77. The van der Waals surface area contributed by atoms with Gasteiger partial charge in [0.15, 0.2) is 5.76 Å². The minimum absolute atomic E-state index is 0.0681. The molecule has 108 valence electrons. The first-order chi connectivity index (χ1) is 9.56. The molecule has 1 N–H and O–H groups in total. The monoisotopic (exact) mass is 276 g/mol. The molecule has 2 atom stereocenters. The molecule has 0 aromatic carbocycles. The van der Waals surface area contributed by atoms with Gasteiger partial charge in [0.25, 0.3) is 5.91 Å². The molecule has 1 saturated heterocycles.